The highest BCUT2D eigenvalue weighted by molar-refractivity contribution is 6.21. The molecule has 0 radical (unpaired) electrons. The van der Waals surface area contributed by atoms with Crippen LogP contribution in [0.15, 0.2) is 36.4 Å². The first-order valence-corrected chi connectivity index (χ1v) is 9.51. The minimum absolute atomic E-state index is 0.0773. The summed E-state index contributed by atoms with van der Waals surface area (Å²) in [5.74, 6) is -1.30. The zero-order valence-corrected chi connectivity index (χ0v) is 17.1. The number of aryl methyl sites for hydroxylation is 3. The summed E-state index contributed by atoms with van der Waals surface area (Å²) in [5, 5.41) is 0. The number of hydrogen-bond donors (Lipinski definition) is 2. The lowest BCUT2D eigenvalue weighted by Crippen LogP contribution is -2.45. The molecule has 0 bridgehead atoms. The molecule has 1 aliphatic rings. The molecule has 0 saturated heterocycles. The van der Waals surface area contributed by atoms with Crippen molar-refractivity contribution in [3.05, 3.63) is 64.2 Å². The first kappa shape index (κ1) is 21.0. The highest BCUT2D eigenvalue weighted by Gasteiger charge is 2.35. The van der Waals surface area contributed by atoms with E-state index in [1.54, 1.807) is 18.2 Å². The van der Waals surface area contributed by atoms with Gasteiger partial charge in [0.2, 0.25) is 5.91 Å². The maximum Gasteiger partial charge on any atom is 0.276 e. The SMILES string of the molecule is Cc1ccc(C)c(OCC(=O)NNC(=O)CCN2C(=O)c3ccc(C)cc3C2=O)c1. The van der Waals surface area contributed by atoms with Crippen molar-refractivity contribution < 1.29 is 23.9 Å². The molecule has 156 valence electrons. The number of carbonyl (C=O) groups excluding carboxylic acids is 4. The topological polar surface area (TPSA) is 105 Å². The second-order valence-corrected chi connectivity index (χ2v) is 7.21. The predicted molar refractivity (Wildman–Crippen MR) is 109 cm³/mol. The Morgan fingerprint density at radius 3 is 2.27 bits per heavy atom. The van der Waals surface area contributed by atoms with Gasteiger partial charge in [-0.15, -0.1) is 0 Å². The molecule has 3 rings (SSSR count). The third-order valence-corrected chi connectivity index (χ3v) is 4.73. The molecular weight excluding hydrogens is 386 g/mol. The number of imide groups is 1. The van der Waals surface area contributed by atoms with Crippen LogP contribution in [0, 0.1) is 20.8 Å². The van der Waals surface area contributed by atoms with Crippen molar-refractivity contribution in [3.63, 3.8) is 0 Å². The molecule has 0 atom stereocenters. The van der Waals surface area contributed by atoms with Gasteiger partial charge in [-0.05, 0) is 50.1 Å². The molecule has 2 N–H and O–H groups in total. The van der Waals surface area contributed by atoms with Crippen LogP contribution in [-0.4, -0.2) is 41.7 Å². The average Bonchev–Trinajstić information content (AvgIpc) is 2.95. The van der Waals surface area contributed by atoms with Crippen LogP contribution in [0.2, 0.25) is 0 Å². The number of carbonyl (C=O) groups is 4. The molecule has 2 aromatic carbocycles. The molecule has 1 aliphatic heterocycles. The smallest absolute Gasteiger partial charge is 0.276 e. The number of rotatable bonds is 6. The first-order chi connectivity index (χ1) is 14.3. The first-order valence-electron chi connectivity index (χ1n) is 9.51. The molecule has 0 unspecified atom stereocenters. The number of benzene rings is 2. The normalized spacial score (nSPS) is 12.6. The van der Waals surface area contributed by atoms with Gasteiger partial charge in [0.15, 0.2) is 6.61 Å². The van der Waals surface area contributed by atoms with Crippen molar-refractivity contribution in [3.8, 4) is 5.75 Å². The van der Waals surface area contributed by atoms with Crippen molar-refractivity contribution in [1.29, 1.82) is 0 Å². The largest absolute Gasteiger partial charge is 0.483 e. The molecule has 1 heterocycles. The summed E-state index contributed by atoms with van der Waals surface area (Å²) in [5.41, 5.74) is 7.98. The van der Waals surface area contributed by atoms with Gasteiger partial charge in [-0.25, -0.2) is 0 Å². The Morgan fingerprint density at radius 2 is 1.50 bits per heavy atom. The quantitative estimate of drug-likeness (QED) is 0.559. The van der Waals surface area contributed by atoms with E-state index in [0.29, 0.717) is 16.9 Å². The Hall–Kier alpha value is -3.68. The molecule has 8 nitrogen and oxygen atoms in total. The van der Waals surface area contributed by atoms with Crippen molar-refractivity contribution in [1.82, 2.24) is 15.8 Å². The molecule has 0 spiro atoms. The molecular formula is C22H23N3O5. The van der Waals surface area contributed by atoms with Gasteiger partial charge in [-0.1, -0.05) is 23.8 Å². The Morgan fingerprint density at radius 1 is 0.867 bits per heavy atom. The molecule has 2 aromatic rings. The second-order valence-electron chi connectivity index (χ2n) is 7.21. The summed E-state index contributed by atoms with van der Waals surface area (Å²) >= 11 is 0. The van der Waals surface area contributed by atoms with Crippen molar-refractivity contribution >= 4 is 23.6 Å². The number of hydrazine groups is 1. The lowest BCUT2D eigenvalue weighted by molar-refractivity contribution is -0.130. The van der Waals surface area contributed by atoms with E-state index in [1.165, 1.54) is 0 Å². The number of fused-ring (bicyclic) bond motifs is 1. The van der Waals surface area contributed by atoms with E-state index in [0.717, 1.165) is 21.6 Å². The Bertz CT molecular complexity index is 1030. The summed E-state index contributed by atoms with van der Waals surface area (Å²) in [6.45, 7) is 5.28. The summed E-state index contributed by atoms with van der Waals surface area (Å²) in [6.07, 6.45) is -0.136. The molecule has 0 saturated carbocycles. The Labute approximate surface area is 174 Å². The summed E-state index contributed by atoms with van der Waals surface area (Å²) in [7, 11) is 0. The van der Waals surface area contributed by atoms with Gasteiger partial charge >= 0.3 is 0 Å². The van der Waals surface area contributed by atoms with Gasteiger partial charge in [0.25, 0.3) is 17.7 Å². The standard InChI is InChI=1S/C22H23N3O5/c1-13-5-7-16-17(10-13)22(29)25(21(16)28)9-8-19(26)23-24-20(27)12-30-18-11-14(2)4-6-15(18)3/h4-7,10-11H,8-9,12H2,1-3H3,(H,23,26)(H,24,27). The lowest BCUT2D eigenvalue weighted by Gasteiger charge is -2.14. The molecule has 8 heteroatoms. The predicted octanol–water partition coefficient (Wildman–Crippen LogP) is 1.82. The molecule has 4 amide bonds. The highest BCUT2D eigenvalue weighted by atomic mass is 16.5. The van der Waals surface area contributed by atoms with Gasteiger partial charge in [0.1, 0.15) is 5.75 Å². The van der Waals surface area contributed by atoms with Crippen LogP contribution in [-0.2, 0) is 9.59 Å². The van der Waals surface area contributed by atoms with Gasteiger partial charge in [-0.3, -0.25) is 34.9 Å². The van der Waals surface area contributed by atoms with Crippen LogP contribution in [0.4, 0.5) is 0 Å². The van der Waals surface area contributed by atoms with E-state index in [1.807, 2.05) is 39.0 Å². The third-order valence-electron chi connectivity index (χ3n) is 4.73. The fourth-order valence-corrected chi connectivity index (χ4v) is 3.07. The van der Waals surface area contributed by atoms with Crippen LogP contribution >= 0.6 is 0 Å². The monoisotopic (exact) mass is 409 g/mol. The zero-order valence-electron chi connectivity index (χ0n) is 17.1. The van der Waals surface area contributed by atoms with Gasteiger partial charge < -0.3 is 4.74 Å². The highest BCUT2D eigenvalue weighted by Crippen LogP contribution is 2.24. The number of nitrogens with one attached hydrogen (secondary N) is 2. The number of amides is 4. The van der Waals surface area contributed by atoms with Gasteiger partial charge in [0.05, 0.1) is 11.1 Å². The lowest BCUT2D eigenvalue weighted by atomic mass is 10.1. The average molecular weight is 409 g/mol. The van der Waals surface area contributed by atoms with E-state index in [4.69, 9.17) is 4.74 Å². The van der Waals surface area contributed by atoms with Crippen molar-refractivity contribution in [2.75, 3.05) is 13.2 Å². The Kier molecular flexibility index (Phi) is 6.15. The maximum atomic E-state index is 12.4. The van der Waals surface area contributed by atoms with Crippen LogP contribution in [0.5, 0.6) is 5.75 Å². The fraction of sp³-hybridized carbons (Fsp3) is 0.273. The van der Waals surface area contributed by atoms with E-state index in [9.17, 15) is 19.2 Å². The van der Waals surface area contributed by atoms with Gasteiger partial charge in [-0.2, -0.15) is 0 Å². The van der Waals surface area contributed by atoms with Crippen LogP contribution < -0.4 is 15.6 Å². The summed E-state index contributed by atoms with van der Waals surface area (Å²) < 4.78 is 5.47. The minimum Gasteiger partial charge on any atom is -0.483 e. The van der Waals surface area contributed by atoms with E-state index < -0.39 is 23.6 Å². The van der Waals surface area contributed by atoms with Crippen molar-refractivity contribution in [2.45, 2.75) is 27.2 Å². The Balaban J connectivity index is 1.44. The summed E-state index contributed by atoms with van der Waals surface area (Å²) in [4.78, 5) is 49.7. The number of hydrogen-bond acceptors (Lipinski definition) is 5. The second kappa shape index (κ2) is 8.77. The van der Waals surface area contributed by atoms with Crippen LogP contribution in [0.1, 0.15) is 43.8 Å². The van der Waals surface area contributed by atoms with E-state index >= 15 is 0 Å². The van der Waals surface area contributed by atoms with E-state index in [2.05, 4.69) is 10.9 Å². The van der Waals surface area contributed by atoms with Crippen LogP contribution in [0.3, 0.4) is 0 Å². The van der Waals surface area contributed by atoms with Crippen molar-refractivity contribution in [2.24, 2.45) is 0 Å². The molecule has 0 fully saturated rings. The fourth-order valence-electron chi connectivity index (χ4n) is 3.07. The van der Waals surface area contributed by atoms with Crippen LogP contribution in [0.25, 0.3) is 0 Å². The minimum atomic E-state index is -0.527. The number of nitrogens with zero attached hydrogens (tertiary/aromatic N) is 1. The molecule has 0 aliphatic carbocycles. The molecule has 0 aromatic heterocycles. The number of ether oxygens (including phenoxy) is 1. The maximum absolute atomic E-state index is 12.4. The third kappa shape index (κ3) is 4.65. The van der Waals surface area contributed by atoms with Gasteiger partial charge in [0, 0.05) is 13.0 Å². The van der Waals surface area contributed by atoms with E-state index in [-0.39, 0.29) is 19.6 Å². The summed E-state index contributed by atoms with van der Waals surface area (Å²) in [6, 6.07) is 10.7. The zero-order chi connectivity index (χ0) is 21.8. The molecule has 30 heavy (non-hydrogen) atoms.